The highest BCUT2D eigenvalue weighted by Crippen LogP contribution is 2.25. The maximum atomic E-state index is 12.2. The Morgan fingerprint density at radius 1 is 1.12 bits per heavy atom. The summed E-state index contributed by atoms with van der Waals surface area (Å²) in [6, 6.07) is 14.9. The second-order valence-electron chi connectivity index (χ2n) is 5.49. The van der Waals surface area contributed by atoms with E-state index < -0.39 is 0 Å². The fraction of sp³-hybridized carbons (Fsp3) is 0.100. The second-order valence-corrected chi connectivity index (χ2v) is 5.85. The van der Waals surface area contributed by atoms with Gasteiger partial charge in [0.2, 0.25) is 0 Å². The van der Waals surface area contributed by atoms with E-state index in [0.29, 0.717) is 16.3 Å². The van der Waals surface area contributed by atoms with Crippen LogP contribution in [-0.4, -0.2) is 17.9 Å². The van der Waals surface area contributed by atoms with Crippen molar-refractivity contribution in [3.05, 3.63) is 76.5 Å². The van der Waals surface area contributed by atoms with E-state index in [-0.39, 0.29) is 5.78 Å². The average Bonchev–Trinajstić information content (AvgIpc) is 2.60. The fourth-order valence-electron chi connectivity index (χ4n) is 2.37. The van der Waals surface area contributed by atoms with Crippen LogP contribution in [0.25, 0.3) is 17.0 Å². The summed E-state index contributed by atoms with van der Waals surface area (Å²) in [5.74, 6) is 0.675. The van der Waals surface area contributed by atoms with Crippen LogP contribution >= 0.6 is 11.6 Å². The molecule has 0 aliphatic heterocycles. The van der Waals surface area contributed by atoms with Gasteiger partial charge in [0.25, 0.3) is 0 Å². The van der Waals surface area contributed by atoms with Crippen LogP contribution in [0, 0.1) is 6.92 Å². The highest BCUT2D eigenvalue weighted by molar-refractivity contribution is 6.31. The molecule has 0 radical (unpaired) electrons. The number of carbonyl (C=O) groups excluding carboxylic acids is 1. The Labute approximate surface area is 145 Å². The van der Waals surface area contributed by atoms with Gasteiger partial charge >= 0.3 is 0 Å². The Kier molecular flexibility index (Phi) is 4.63. The predicted octanol–water partition coefficient (Wildman–Crippen LogP) is 5.10. The number of halogens is 1. The molecule has 3 aromatic rings. The van der Waals surface area contributed by atoms with Crippen LogP contribution in [0.2, 0.25) is 5.15 Å². The van der Waals surface area contributed by atoms with Gasteiger partial charge in [-0.2, -0.15) is 0 Å². The normalized spacial score (nSPS) is 11.1. The van der Waals surface area contributed by atoms with Crippen LogP contribution in [-0.2, 0) is 0 Å². The lowest BCUT2D eigenvalue weighted by molar-refractivity contribution is 0.104. The summed E-state index contributed by atoms with van der Waals surface area (Å²) in [5, 5.41) is 1.27. The maximum Gasteiger partial charge on any atom is 0.185 e. The first kappa shape index (κ1) is 16.2. The summed E-state index contributed by atoms with van der Waals surface area (Å²) in [6.07, 6.45) is 3.20. The van der Waals surface area contributed by atoms with Gasteiger partial charge in [-0.3, -0.25) is 4.79 Å². The van der Waals surface area contributed by atoms with Gasteiger partial charge in [-0.1, -0.05) is 41.4 Å². The van der Waals surface area contributed by atoms with Crippen LogP contribution in [0.4, 0.5) is 0 Å². The summed E-state index contributed by atoms with van der Waals surface area (Å²) in [4.78, 5) is 16.6. The molecule has 0 bridgehead atoms. The van der Waals surface area contributed by atoms with Crippen molar-refractivity contribution in [3.63, 3.8) is 0 Å². The molecule has 2 aromatic carbocycles. The van der Waals surface area contributed by atoms with E-state index in [1.807, 2.05) is 55.5 Å². The smallest absolute Gasteiger partial charge is 0.185 e. The molecular weight excluding hydrogens is 322 g/mol. The van der Waals surface area contributed by atoms with Crippen LogP contribution in [0.15, 0.2) is 54.6 Å². The highest BCUT2D eigenvalue weighted by atomic mass is 35.5. The number of aryl methyl sites for hydroxylation is 1. The zero-order valence-electron chi connectivity index (χ0n) is 13.4. The third-order valence-electron chi connectivity index (χ3n) is 3.75. The molecule has 0 amide bonds. The molecule has 0 aliphatic rings. The number of benzene rings is 2. The number of hydrogen-bond donors (Lipinski definition) is 0. The first-order valence-electron chi connectivity index (χ1n) is 7.50. The number of rotatable bonds is 4. The molecule has 0 spiro atoms. The van der Waals surface area contributed by atoms with E-state index in [9.17, 15) is 4.79 Å². The van der Waals surface area contributed by atoms with E-state index in [4.69, 9.17) is 16.3 Å². The summed E-state index contributed by atoms with van der Waals surface area (Å²) in [5.41, 5.74) is 3.23. The molecular formula is C20H16ClNO2. The van der Waals surface area contributed by atoms with E-state index >= 15 is 0 Å². The Hall–Kier alpha value is -2.65. The van der Waals surface area contributed by atoms with Gasteiger partial charge < -0.3 is 4.74 Å². The van der Waals surface area contributed by atoms with Gasteiger partial charge in [-0.25, -0.2) is 4.98 Å². The molecule has 1 heterocycles. The number of pyridine rings is 1. The second kappa shape index (κ2) is 6.85. The fourth-order valence-corrected chi connectivity index (χ4v) is 2.58. The molecule has 0 unspecified atom stereocenters. The number of carbonyl (C=O) groups is 1. The lowest BCUT2D eigenvalue weighted by Gasteiger charge is -2.05. The van der Waals surface area contributed by atoms with Crippen LogP contribution < -0.4 is 4.74 Å². The number of nitrogens with zero attached hydrogens (tertiary/aromatic N) is 1. The molecule has 0 N–H and O–H groups in total. The van der Waals surface area contributed by atoms with Crippen molar-refractivity contribution >= 4 is 34.4 Å². The lowest BCUT2D eigenvalue weighted by Crippen LogP contribution is -1.94. The van der Waals surface area contributed by atoms with Gasteiger partial charge in [0.05, 0.1) is 12.6 Å². The molecule has 4 heteroatoms. The SMILES string of the molecule is COc1ccc2nc(Cl)c(/C=C/C(=O)c3ccc(C)cc3)cc2c1. The molecule has 1 aromatic heterocycles. The zero-order chi connectivity index (χ0) is 17.1. The third kappa shape index (κ3) is 3.47. The highest BCUT2D eigenvalue weighted by Gasteiger charge is 2.06. The Bertz CT molecular complexity index is 930. The first-order chi connectivity index (χ1) is 11.6. The topological polar surface area (TPSA) is 39.2 Å². The number of methoxy groups -OCH3 is 1. The van der Waals surface area contributed by atoms with Gasteiger partial charge in [-0.05, 0) is 43.3 Å². The molecule has 3 rings (SSSR count). The van der Waals surface area contributed by atoms with E-state index in [1.165, 1.54) is 6.08 Å². The van der Waals surface area contributed by atoms with Crippen LogP contribution in [0.3, 0.4) is 0 Å². The maximum absolute atomic E-state index is 12.2. The van der Waals surface area contributed by atoms with Gasteiger partial charge in [-0.15, -0.1) is 0 Å². The molecule has 0 saturated heterocycles. The number of ether oxygens (including phenoxy) is 1. The summed E-state index contributed by atoms with van der Waals surface area (Å²) >= 11 is 6.22. The van der Waals surface area contributed by atoms with Crippen molar-refractivity contribution in [1.29, 1.82) is 0 Å². The number of fused-ring (bicyclic) bond motifs is 1. The van der Waals surface area contributed by atoms with Gasteiger partial charge in [0.15, 0.2) is 5.78 Å². The number of ketones is 1. The Balaban J connectivity index is 1.92. The lowest BCUT2D eigenvalue weighted by atomic mass is 10.1. The predicted molar refractivity (Wildman–Crippen MR) is 97.8 cm³/mol. The molecule has 3 nitrogen and oxygen atoms in total. The van der Waals surface area contributed by atoms with Crippen molar-refractivity contribution in [1.82, 2.24) is 4.98 Å². The third-order valence-corrected chi connectivity index (χ3v) is 4.06. The van der Waals surface area contributed by atoms with Crippen molar-refractivity contribution in [2.24, 2.45) is 0 Å². The Morgan fingerprint density at radius 3 is 2.58 bits per heavy atom. The minimum atomic E-state index is -0.0724. The molecule has 120 valence electrons. The number of allylic oxidation sites excluding steroid dienone is 1. The van der Waals surface area contributed by atoms with Crippen molar-refractivity contribution in [2.75, 3.05) is 7.11 Å². The van der Waals surface area contributed by atoms with Gasteiger partial charge in [0, 0.05) is 16.5 Å². The van der Waals surface area contributed by atoms with Crippen LogP contribution in [0.5, 0.6) is 5.75 Å². The summed E-state index contributed by atoms with van der Waals surface area (Å²) in [6.45, 7) is 1.99. The number of hydrogen-bond acceptors (Lipinski definition) is 3. The zero-order valence-corrected chi connectivity index (χ0v) is 14.2. The minimum Gasteiger partial charge on any atom is -0.497 e. The molecule has 0 atom stereocenters. The van der Waals surface area contributed by atoms with Crippen molar-refractivity contribution < 1.29 is 9.53 Å². The van der Waals surface area contributed by atoms with Crippen molar-refractivity contribution in [3.8, 4) is 5.75 Å². The molecule has 0 aliphatic carbocycles. The van der Waals surface area contributed by atoms with Crippen molar-refractivity contribution in [2.45, 2.75) is 6.92 Å². The largest absolute Gasteiger partial charge is 0.497 e. The number of aromatic nitrogens is 1. The van der Waals surface area contributed by atoms with Gasteiger partial charge in [0.1, 0.15) is 10.9 Å². The molecule has 24 heavy (non-hydrogen) atoms. The Morgan fingerprint density at radius 2 is 1.88 bits per heavy atom. The summed E-state index contributed by atoms with van der Waals surface area (Å²) < 4.78 is 5.23. The average molecular weight is 338 g/mol. The first-order valence-corrected chi connectivity index (χ1v) is 7.88. The van der Waals surface area contributed by atoms with E-state index in [0.717, 1.165) is 22.2 Å². The standard InChI is InChI=1S/C20H16ClNO2/c1-13-3-5-14(6-4-13)19(23)10-7-15-11-16-12-17(24-2)8-9-18(16)22-20(15)21/h3-12H,1-2H3/b10-7+. The molecule has 0 saturated carbocycles. The quantitative estimate of drug-likeness (QED) is 0.377. The monoisotopic (exact) mass is 337 g/mol. The summed E-state index contributed by atoms with van der Waals surface area (Å²) in [7, 11) is 1.62. The van der Waals surface area contributed by atoms with Crippen LogP contribution in [0.1, 0.15) is 21.5 Å². The van der Waals surface area contributed by atoms with E-state index in [2.05, 4.69) is 4.98 Å². The molecule has 0 fully saturated rings. The van der Waals surface area contributed by atoms with E-state index in [1.54, 1.807) is 13.2 Å². The minimum absolute atomic E-state index is 0.0724.